The second-order valence-corrected chi connectivity index (χ2v) is 6.47. The quantitative estimate of drug-likeness (QED) is 0.425. The van der Waals surface area contributed by atoms with E-state index in [-0.39, 0.29) is 10.8 Å². The molecule has 0 aliphatic carbocycles. The molecule has 0 fully saturated rings. The summed E-state index contributed by atoms with van der Waals surface area (Å²) in [4.78, 5) is 0. The summed E-state index contributed by atoms with van der Waals surface area (Å²) in [5.41, 5.74) is 1.15. The van der Waals surface area contributed by atoms with E-state index < -0.39 is 18.5 Å². The van der Waals surface area contributed by atoms with Crippen molar-refractivity contribution in [3.05, 3.63) is 58.9 Å². The fraction of sp³-hybridized carbons (Fsp3) is 0.400. The van der Waals surface area contributed by atoms with Crippen molar-refractivity contribution in [2.75, 3.05) is 6.61 Å². The molecule has 0 aliphatic rings. The highest BCUT2D eigenvalue weighted by atomic mass is 35.5. The van der Waals surface area contributed by atoms with Gasteiger partial charge in [0.2, 0.25) is 0 Å². The zero-order chi connectivity index (χ0) is 19.0. The van der Waals surface area contributed by atoms with Crippen molar-refractivity contribution in [2.45, 2.75) is 45.1 Å². The van der Waals surface area contributed by atoms with E-state index in [1.165, 1.54) is 25.3 Å². The summed E-state index contributed by atoms with van der Waals surface area (Å²) in [6.07, 6.45) is 2.06. The van der Waals surface area contributed by atoms with Crippen LogP contribution < -0.4 is 9.47 Å². The van der Waals surface area contributed by atoms with Crippen LogP contribution in [0.5, 0.6) is 11.5 Å². The van der Waals surface area contributed by atoms with Crippen molar-refractivity contribution in [3.8, 4) is 11.5 Å². The fourth-order valence-corrected chi connectivity index (χ4v) is 2.54. The van der Waals surface area contributed by atoms with Gasteiger partial charge in [0.1, 0.15) is 17.3 Å². The summed E-state index contributed by atoms with van der Waals surface area (Å²) in [7, 11) is 0. The van der Waals surface area contributed by atoms with Crippen molar-refractivity contribution in [3.63, 3.8) is 0 Å². The lowest BCUT2D eigenvalue weighted by molar-refractivity contribution is -0.195. The monoisotopic (exact) mass is 386 g/mol. The molecule has 2 rings (SSSR count). The zero-order valence-electron chi connectivity index (χ0n) is 14.6. The Hall–Kier alpha value is -1.88. The van der Waals surface area contributed by atoms with Crippen LogP contribution in [-0.2, 0) is 6.42 Å². The van der Waals surface area contributed by atoms with Crippen LogP contribution in [0.3, 0.4) is 0 Å². The molecule has 0 bridgehead atoms. The number of aryl methyl sites for hydroxylation is 1. The summed E-state index contributed by atoms with van der Waals surface area (Å²) in [5, 5.41) is -0.160. The van der Waals surface area contributed by atoms with Gasteiger partial charge in [-0.25, -0.2) is 4.39 Å². The number of unbranched alkanes of at least 4 members (excludes halogenated alkanes) is 3. The molecule has 0 atom stereocenters. The average Bonchev–Trinajstić information content (AvgIpc) is 2.61. The molecule has 26 heavy (non-hydrogen) atoms. The van der Waals surface area contributed by atoms with E-state index in [0.717, 1.165) is 30.5 Å². The molecule has 0 saturated heterocycles. The van der Waals surface area contributed by atoms with Crippen molar-refractivity contribution in [2.24, 2.45) is 0 Å². The van der Waals surface area contributed by atoms with Gasteiger partial charge in [0.25, 0.3) is 0 Å². The molecular weight excluding hydrogens is 365 g/mol. The minimum Gasteiger partial charge on any atom is -0.483 e. The average molecular weight is 387 g/mol. The molecule has 0 heterocycles. The summed E-state index contributed by atoms with van der Waals surface area (Å²) in [5.74, 6) is -0.814. The van der Waals surface area contributed by atoms with E-state index in [1.807, 2.05) is 12.1 Å². The van der Waals surface area contributed by atoms with Gasteiger partial charge >= 0.3 is 6.11 Å². The van der Waals surface area contributed by atoms with Crippen LogP contribution in [-0.4, -0.2) is 12.7 Å². The Balaban J connectivity index is 1.83. The molecule has 0 spiro atoms. The maximum Gasteiger partial charge on any atom is 0.432 e. The molecule has 0 saturated carbocycles. The van der Waals surface area contributed by atoms with Crippen LogP contribution >= 0.6 is 11.6 Å². The number of hydrogen-bond acceptors (Lipinski definition) is 2. The SMILES string of the molecule is CCCCCCc1ccc(OCC(F)(F)Oc2ccc(Cl)c(F)c2)cc1. The van der Waals surface area contributed by atoms with Gasteiger partial charge in [-0.2, -0.15) is 8.78 Å². The van der Waals surface area contributed by atoms with E-state index in [0.29, 0.717) is 5.75 Å². The molecule has 0 amide bonds. The topological polar surface area (TPSA) is 18.5 Å². The highest BCUT2D eigenvalue weighted by Crippen LogP contribution is 2.26. The molecule has 2 aromatic carbocycles. The molecule has 2 aromatic rings. The number of rotatable bonds is 10. The first kappa shape index (κ1) is 20.4. The molecule has 2 nitrogen and oxygen atoms in total. The lowest BCUT2D eigenvalue weighted by Crippen LogP contribution is -2.32. The largest absolute Gasteiger partial charge is 0.483 e. The van der Waals surface area contributed by atoms with Gasteiger partial charge in [0, 0.05) is 6.07 Å². The number of ether oxygens (including phenoxy) is 2. The summed E-state index contributed by atoms with van der Waals surface area (Å²) in [6.45, 7) is 1.18. The van der Waals surface area contributed by atoms with Crippen LogP contribution in [0.2, 0.25) is 5.02 Å². The van der Waals surface area contributed by atoms with Gasteiger partial charge in [0.05, 0.1) is 5.02 Å². The van der Waals surface area contributed by atoms with Crippen molar-refractivity contribution in [1.29, 1.82) is 0 Å². The summed E-state index contributed by atoms with van der Waals surface area (Å²) < 4.78 is 50.6. The van der Waals surface area contributed by atoms with Gasteiger partial charge in [-0.3, -0.25) is 0 Å². The zero-order valence-corrected chi connectivity index (χ0v) is 15.4. The van der Waals surface area contributed by atoms with Crippen LogP contribution in [0.4, 0.5) is 13.2 Å². The Morgan fingerprint density at radius 2 is 1.65 bits per heavy atom. The molecule has 0 radical (unpaired) electrons. The number of halogens is 4. The van der Waals surface area contributed by atoms with E-state index >= 15 is 0 Å². The highest BCUT2D eigenvalue weighted by Gasteiger charge is 2.33. The molecule has 0 aromatic heterocycles. The first-order valence-electron chi connectivity index (χ1n) is 8.63. The second kappa shape index (κ2) is 9.72. The van der Waals surface area contributed by atoms with E-state index in [1.54, 1.807) is 12.1 Å². The first-order valence-corrected chi connectivity index (χ1v) is 9.01. The lowest BCUT2D eigenvalue weighted by atomic mass is 10.1. The van der Waals surface area contributed by atoms with E-state index in [2.05, 4.69) is 11.7 Å². The fourth-order valence-electron chi connectivity index (χ4n) is 2.42. The van der Waals surface area contributed by atoms with Crippen molar-refractivity contribution >= 4 is 11.6 Å². The Bertz CT molecular complexity index is 690. The predicted molar refractivity (Wildman–Crippen MR) is 96.8 cm³/mol. The third-order valence-electron chi connectivity index (χ3n) is 3.81. The molecule has 142 valence electrons. The lowest BCUT2D eigenvalue weighted by Gasteiger charge is -2.18. The van der Waals surface area contributed by atoms with Gasteiger partial charge < -0.3 is 9.47 Å². The van der Waals surface area contributed by atoms with Crippen LogP contribution in [0.15, 0.2) is 42.5 Å². The third-order valence-corrected chi connectivity index (χ3v) is 4.11. The Morgan fingerprint density at radius 1 is 0.962 bits per heavy atom. The van der Waals surface area contributed by atoms with Gasteiger partial charge in [-0.1, -0.05) is 49.9 Å². The normalized spacial score (nSPS) is 11.4. The van der Waals surface area contributed by atoms with Crippen LogP contribution in [0, 0.1) is 5.82 Å². The Kier molecular flexibility index (Phi) is 7.64. The molecule has 6 heteroatoms. The molecular formula is C20H22ClF3O2. The number of alkyl halides is 2. The maximum absolute atomic E-state index is 13.8. The number of hydrogen-bond donors (Lipinski definition) is 0. The number of benzene rings is 2. The molecule has 0 aliphatic heterocycles. The second-order valence-electron chi connectivity index (χ2n) is 6.06. The van der Waals surface area contributed by atoms with Crippen molar-refractivity contribution < 1.29 is 22.6 Å². The maximum atomic E-state index is 13.8. The van der Waals surface area contributed by atoms with Crippen LogP contribution in [0.25, 0.3) is 0 Å². The Morgan fingerprint density at radius 3 is 2.31 bits per heavy atom. The van der Waals surface area contributed by atoms with E-state index in [9.17, 15) is 13.2 Å². The highest BCUT2D eigenvalue weighted by molar-refractivity contribution is 6.30. The standard InChI is InChI=1S/C20H22ClF3O2/c1-2-3-4-5-6-15-7-9-16(10-8-15)25-14-20(23,24)26-17-11-12-18(21)19(22)13-17/h7-13H,2-6,14H2,1H3. The third kappa shape index (κ3) is 6.79. The van der Waals surface area contributed by atoms with Gasteiger partial charge in [-0.15, -0.1) is 0 Å². The van der Waals surface area contributed by atoms with E-state index in [4.69, 9.17) is 16.3 Å². The molecule has 0 unspecified atom stereocenters. The Labute approximate surface area is 156 Å². The molecule has 0 N–H and O–H groups in total. The van der Waals surface area contributed by atoms with Gasteiger partial charge in [-0.05, 0) is 42.7 Å². The predicted octanol–water partition coefficient (Wildman–Crippen LogP) is 6.65. The minimum atomic E-state index is -3.60. The summed E-state index contributed by atoms with van der Waals surface area (Å²) >= 11 is 5.51. The smallest absolute Gasteiger partial charge is 0.432 e. The minimum absolute atomic E-state index is 0.160. The van der Waals surface area contributed by atoms with Crippen molar-refractivity contribution in [1.82, 2.24) is 0 Å². The summed E-state index contributed by atoms with van der Waals surface area (Å²) in [6, 6.07) is 10.2. The first-order chi connectivity index (χ1) is 12.4. The van der Waals surface area contributed by atoms with Crippen LogP contribution in [0.1, 0.15) is 38.2 Å². The van der Waals surface area contributed by atoms with Gasteiger partial charge in [0.15, 0.2) is 6.61 Å².